The first-order valence-corrected chi connectivity index (χ1v) is 9.70. The largest absolute Gasteiger partial charge is 0.493 e. The summed E-state index contributed by atoms with van der Waals surface area (Å²) in [6.07, 6.45) is 6.76. The lowest BCUT2D eigenvalue weighted by atomic mass is 9.92. The third kappa shape index (κ3) is 3.80. The van der Waals surface area contributed by atoms with Gasteiger partial charge in [0.15, 0.2) is 11.5 Å². The van der Waals surface area contributed by atoms with Crippen molar-refractivity contribution in [3.63, 3.8) is 0 Å². The number of aryl methyl sites for hydroxylation is 1. The Morgan fingerprint density at radius 3 is 2.85 bits per heavy atom. The van der Waals surface area contributed by atoms with E-state index in [-0.39, 0.29) is 11.8 Å². The van der Waals surface area contributed by atoms with Gasteiger partial charge in [-0.3, -0.25) is 9.48 Å². The summed E-state index contributed by atoms with van der Waals surface area (Å²) in [7, 11) is 1.64. The van der Waals surface area contributed by atoms with Crippen molar-refractivity contribution in [3.8, 4) is 11.5 Å². The SMILES string of the molecule is COc1cccc2c1OC[C@@H](C(=O)N1CCC(Cn3cc(C)cn3)CC1)C2. The van der Waals surface area contributed by atoms with Crippen LogP contribution in [-0.2, 0) is 17.8 Å². The molecule has 2 aliphatic heterocycles. The number of ether oxygens (including phenoxy) is 2. The Morgan fingerprint density at radius 2 is 2.15 bits per heavy atom. The third-order valence-electron chi connectivity index (χ3n) is 5.66. The molecule has 0 bridgehead atoms. The highest BCUT2D eigenvalue weighted by molar-refractivity contribution is 5.80. The number of benzene rings is 1. The van der Waals surface area contributed by atoms with E-state index < -0.39 is 0 Å². The summed E-state index contributed by atoms with van der Waals surface area (Å²) in [6.45, 7) is 5.08. The van der Waals surface area contributed by atoms with Crippen LogP contribution in [0, 0.1) is 18.8 Å². The minimum Gasteiger partial charge on any atom is -0.493 e. The molecule has 2 aliphatic rings. The van der Waals surface area contributed by atoms with Gasteiger partial charge in [0.25, 0.3) is 0 Å². The molecule has 1 atom stereocenters. The zero-order chi connectivity index (χ0) is 18.8. The van der Waals surface area contributed by atoms with E-state index in [1.807, 2.05) is 34.0 Å². The van der Waals surface area contributed by atoms with Crippen LogP contribution in [-0.4, -0.2) is 47.4 Å². The number of fused-ring (bicyclic) bond motifs is 1. The van der Waals surface area contributed by atoms with Crippen molar-refractivity contribution in [1.29, 1.82) is 0 Å². The number of aromatic nitrogens is 2. The first kappa shape index (κ1) is 17.9. The maximum atomic E-state index is 13.0. The van der Waals surface area contributed by atoms with E-state index in [0.29, 0.717) is 12.5 Å². The van der Waals surface area contributed by atoms with Crippen LogP contribution in [0.3, 0.4) is 0 Å². The number of piperidine rings is 1. The van der Waals surface area contributed by atoms with Crippen LogP contribution < -0.4 is 9.47 Å². The topological polar surface area (TPSA) is 56.6 Å². The van der Waals surface area contributed by atoms with Crippen LogP contribution in [0.25, 0.3) is 0 Å². The summed E-state index contributed by atoms with van der Waals surface area (Å²) in [4.78, 5) is 15.0. The number of rotatable bonds is 4. The Labute approximate surface area is 160 Å². The lowest BCUT2D eigenvalue weighted by Crippen LogP contribution is -2.45. The number of nitrogens with zero attached hydrogens (tertiary/aromatic N) is 3. The molecule has 27 heavy (non-hydrogen) atoms. The van der Waals surface area contributed by atoms with Gasteiger partial charge in [0.1, 0.15) is 6.61 Å². The van der Waals surface area contributed by atoms with Crippen LogP contribution in [0.5, 0.6) is 11.5 Å². The van der Waals surface area contributed by atoms with Crippen molar-refractivity contribution in [2.45, 2.75) is 32.7 Å². The van der Waals surface area contributed by atoms with Crippen molar-refractivity contribution in [2.75, 3.05) is 26.8 Å². The second-order valence-electron chi connectivity index (χ2n) is 7.67. The first-order valence-electron chi connectivity index (χ1n) is 9.70. The minimum atomic E-state index is -0.102. The van der Waals surface area contributed by atoms with E-state index in [2.05, 4.69) is 18.2 Å². The van der Waals surface area contributed by atoms with Gasteiger partial charge in [-0.25, -0.2) is 0 Å². The molecule has 2 aromatic rings. The average molecular weight is 369 g/mol. The molecule has 6 nitrogen and oxygen atoms in total. The molecule has 3 heterocycles. The standard InChI is InChI=1S/C21H27N3O3/c1-15-11-22-24(12-15)13-16-6-8-23(9-7-16)21(25)18-10-17-4-3-5-19(26-2)20(17)27-14-18/h3-5,11-12,16,18H,6-10,13-14H2,1-2H3/t18-/m0/s1. The van der Waals surface area contributed by atoms with E-state index >= 15 is 0 Å². The molecule has 1 aromatic heterocycles. The van der Waals surface area contributed by atoms with E-state index in [1.165, 1.54) is 5.56 Å². The maximum Gasteiger partial charge on any atom is 0.229 e. The van der Waals surface area contributed by atoms with Crippen LogP contribution in [0.1, 0.15) is 24.0 Å². The van der Waals surface area contributed by atoms with E-state index in [4.69, 9.17) is 9.47 Å². The van der Waals surface area contributed by atoms with Gasteiger partial charge in [-0.1, -0.05) is 12.1 Å². The van der Waals surface area contributed by atoms with Gasteiger partial charge in [0, 0.05) is 25.8 Å². The third-order valence-corrected chi connectivity index (χ3v) is 5.66. The van der Waals surface area contributed by atoms with Crippen molar-refractivity contribution in [3.05, 3.63) is 41.7 Å². The summed E-state index contributed by atoms with van der Waals surface area (Å²) < 4.78 is 13.3. The summed E-state index contributed by atoms with van der Waals surface area (Å²) in [5.74, 6) is 2.23. The predicted octanol–water partition coefficient (Wildman–Crippen LogP) is 2.69. The Balaban J connectivity index is 1.33. The fourth-order valence-electron chi connectivity index (χ4n) is 4.14. The molecule has 1 aromatic carbocycles. The molecule has 1 amide bonds. The lowest BCUT2D eigenvalue weighted by Gasteiger charge is -2.35. The van der Waals surface area contributed by atoms with Crippen LogP contribution >= 0.6 is 0 Å². The molecule has 1 saturated heterocycles. The van der Waals surface area contributed by atoms with Crippen LogP contribution in [0.15, 0.2) is 30.6 Å². The molecule has 144 valence electrons. The van der Waals surface area contributed by atoms with Crippen molar-refractivity contribution in [1.82, 2.24) is 14.7 Å². The zero-order valence-electron chi connectivity index (χ0n) is 16.1. The number of methoxy groups -OCH3 is 1. The van der Waals surface area contributed by atoms with Gasteiger partial charge in [-0.05, 0) is 49.3 Å². The van der Waals surface area contributed by atoms with Gasteiger partial charge in [0.2, 0.25) is 5.91 Å². The smallest absolute Gasteiger partial charge is 0.229 e. The number of likely N-dealkylation sites (tertiary alicyclic amines) is 1. The molecule has 0 spiro atoms. The van der Waals surface area contributed by atoms with Crippen molar-refractivity contribution in [2.24, 2.45) is 11.8 Å². The maximum absolute atomic E-state index is 13.0. The molecule has 0 aliphatic carbocycles. The molecule has 0 unspecified atom stereocenters. The Bertz CT molecular complexity index is 809. The van der Waals surface area contributed by atoms with Gasteiger partial charge >= 0.3 is 0 Å². The predicted molar refractivity (Wildman–Crippen MR) is 102 cm³/mol. The number of para-hydroxylation sites is 1. The highest BCUT2D eigenvalue weighted by Gasteiger charge is 2.32. The normalized spacial score (nSPS) is 20.1. The Morgan fingerprint density at radius 1 is 1.33 bits per heavy atom. The fraction of sp³-hybridized carbons (Fsp3) is 0.524. The highest BCUT2D eigenvalue weighted by Crippen LogP contribution is 2.36. The summed E-state index contributed by atoms with van der Waals surface area (Å²) in [5, 5.41) is 4.38. The van der Waals surface area contributed by atoms with Crippen molar-refractivity contribution >= 4 is 5.91 Å². The number of hydrogen-bond acceptors (Lipinski definition) is 4. The van der Waals surface area contributed by atoms with E-state index in [0.717, 1.165) is 56.0 Å². The molecule has 6 heteroatoms. The summed E-state index contributed by atoms with van der Waals surface area (Å²) >= 11 is 0. The second-order valence-corrected chi connectivity index (χ2v) is 7.67. The molecular formula is C21H27N3O3. The number of hydrogen-bond donors (Lipinski definition) is 0. The van der Waals surface area contributed by atoms with E-state index in [1.54, 1.807) is 7.11 Å². The number of carbonyl (C=O) groups is 1. The van der Waals surface area contributed by atoms with Gasteiger partial charge in [-0.2, -0.15) is 5.10 Å². The molecule has 0 radical (unpaired) electrons. The molecule has 1 fully saturated rings. The molecular weight excluding hydrogens is 342 g/mol. The summed E-state index contributed by atoms with van der Waals surface area (Å²) in [5.41, 5.74) is 2.25. The number of carbonyl (C=O) groups excluding carboxylic acids is 1. The van der Waals surface area contributed by atoms with Gasteiger partial charge in [-0.15, -0.1) is 0 Å². The van der Waals surface area contributed by atoms with Crippen molar-refractivity contribution < 1.29 is 14.3 Å². The first-order chi connectivity index (χ1) is 13.1. The lowest BCUT2D eigenvalue weighted by molar-refractivity contribution is -0.138. The van der Waals surface area contributed by atoms with Crippen LogP contribution in [0.2, 0.25) is 0 Å². The monoisotopic (exact) mass is 369 g/mol. The Kier molecular flexibility index (Phi) is 5.05. The number of amides is 1. The summed E-state index contributed by atoms with van der Waals surface area (Å²) in [6, 6.07) is 5.87. The van der Waals surface area contributed by atoms with E-state index in [9.17, 15) is 4.79 Å². The minimum absolute atomic E-state index is 0.102. The van der Waals surface area contributed by atoms with Gasteiger partial charge < -0.3 is 14.4 Å². The Hall–Kier alpha value is -2.50. The second kappa shape index (κ2) is 7.62. The quantitative estimate of drug-likeness (QED) is 0.831. The average Bonchev–Trinajstić information content (AvgIpc) is 3.11. The molecule has 0 saturated carbocycles. The molecule has 4 rings (SSSR count). The molecule has 0 N–H and O–H groups in total. The fourth-order valence-corrected chi connectivity index (χ4v) is 4.14. The zero-order valence-corrected chi connectivity index (χ0v) is 16.1. The van der Waals surface area contributed by atoms with Crippen LogP contribution in [0.4, 0.5) is 0 Å². The van der Waals surface area contributed by atoms with Gasteiger partial charge in [0.05, 0.1) is 19.2 Å². The highest BCUT2D eigenvalue weighted by atomic mass is 16.5.